The molecule has 1 aliphatic rings. The Bertz CT molecular complexity index is 718. The number of carbonyl (C=O) groups excluding carboxylic acids is 2. The molecule has 3 rings (SSSR count). The summed E-state index contributed by atoms with van der Waals surface area (Å²) in [7, 11) is 0. The van der Waals surface area contributed by atoms with Gasteiger partial charge in [-0.1, -0.05) is 43.2 Å². The Kier molecular flexibility index (Phi) is 6.42. The highest BCUT2D eigenvalue weighted by Gasteiger charge is 2.17. The summed E-state index contributed by atoms with van der Waals surface area (Å²) in [4.78, 5) is 26.6. The van der Waals surface area contributed by atoms with Crippen LogP contribution < -0.4 is 5.32 Å². The lowest BCUT2D eigenvalue weighted by molar-refractivity contribution is 0.0761. The Balaban J connectivity index is 1.49. The van der Waals surface area contributed by atoms with Gasteiger partial charge in [0.15, 0.2) is 0 Å². The quantitative estimate of drug-likeness (QED) is 0.894. The maximum Gasteiger partial charge on any atom is 0.253 e. The molecule has 26 heavy (non-hydrogen) atoms. The van der Waals surface area contributed by atoms with Crippen LogP contribution in [0.15, 0.2) is 54.6 Å². The van der Waals surface area contributed by atoms with Crippen LogP contribution >= 0.6 is 0 Å². The van der Waals surface area contributed by atoms with E-state index < -0.39 is 0 Å². The normalized spacial score (nSPS) is 14.5. The lowest BCUT2D eigenvalue weighted by Gasteiger charge is -2.20. The van der Waals surface area contributed by atoms with E-state index in [2.05, 4.69) is 5.32 Å². The molecule has 1 saturated heterocycles. The largest absolute Gasteiger partial charge is 0.352 e. The van der Waals surface area contributed by atoms with Crippen LogP contribution in [0.4, 0.5) is 0 Å². The van der Waals surface area contributed by atoms with Crippen LogP contribution in [0.25, 0.3) is 0 Å². The zero-order valence-corrected chi connectivity index (χ0v) is 15.1. The molecule has 2 amide bonds. The van der Waals surface area contributed by atoms with E-state index in [0.29, 0.717) is 12.1 Å². The van der Waals surface area contributed by atoms with Gasteiger partial charge in [-0.2, -0.15) is 0 Å². The number of amides is 2. The summed E-state index contributed by atoms with van der Waals surface area (Å²) in [6.07, 6.45) is 5.39. The van der Waals surface area contributed by atoms with Crippen LogP contribution in [0.2, 0.25) is 0 Å². The van der Waals surface area contributed by atoms with Crippen LogP contribution in [0.1, 0.15) is 52.0 Å². The smallest absolute Gasteiger partial charge is 0.253 e. The monoisotopic (exact) mass is 350 g/mol. The first-order chi connectivity index (χ1) is 12.7. The maximum absolute atomic E-state index is 12.6. The first-order valence-corrected chi connectivity index (χ1v) is 9.45. The van der Waals surface area contributed by atoms with Gasteiger partial charge in [0.25, 0.3) is 11.8 Å². The number of rotatable bonds is 5. The molecule has 2 aromatic rings. The molecule has 0 atom stereocenters. The minimum atomic E-state index is -0.0569. The Morgan fingerprint density at radius 2 is 1.46 bits per heavy atom. The summed E-state index contributed by atoms with van der Waals surface area (Å²) in [5, 5.41) is 2.93. The molecule has 2 aromatic carbocycles. The van der Waals surface area contributed by atoms with Gasteiger partial charge < -0.3 is 10.2 Å². The standard InChI is InChI=1S/C22H26N2O2/c25-21(19-8-4-3-5-9-19)23-15-14-18-10-12-20(13-11-18)22(26)24-16-6-1-2-7-17-24/h3-5,8-13H,1-2,6-7,14-17H2,(H,23,25). The van der Waals surface area contributed by atoms with E-state index in [1.165, 1.54) is 12.8 Å². The number of nitrogens with zero attached hydrogens (tertiary/aromatic N) is 1. The van der Waals surface area contributed by atoms with Gasteiger partial charge in [0.2, 0.25) is 0 Å². The predicted molar refractivity (Wildman–Crippen MR) is 103 cm³/mol. The molecular formula is C22H26N2O2. The fraction of sp³-hybridized carbons (Fsp3) is 0.364. The molecule has 0 spiro atoms. The van der Waals surface area contributed by atoms with Crippen molar-refractivity contribution in [1.82, 2.24) is 10.2 Å². The minimum absolute atomic E-state index is 0.0569. The van der Waals surface area contributed by atoms with Crippen LogP contribution in [-0.2, 0) is 6.42 Å². The van der Waals surface area contributed by atoms with Crippen molar-refractivity contribution >= 4 is 11.8 Å². The molecule has 0 saturated carbocycles. The lowest BCUT2D eigenvalue weighted by Crippen LogP contribution is -2.31. The second kappa shape index (κ2) is 9.18. The Labute approximate surface area is 155 Å². The van der Waals surface area contributed by atoms with Crippen molar-refractivity contribution < 1.29 is 9.59 Å². The third-order valence-electron chi connectivity index (χ3n) is 4.83. The van der Waals surface area contributed by atoms with Gasteiger partial charge in [0, 0.05) is 30.8 Å². The summed E-state index contributed by atoms with van der Waals surface area (Å²) in [5.74, 6) is 0.0781. The summed E-state index contributed by atoms with van der Waals surface area (Å²) >= 11 is 0. The van der Waals surface area contributed by atoms with E-state index in [4.69, 9.17) is 0 Å². The van der Waals surface area contributed by atoms with Crippen molar-refractivity contribution in [2.24, 2.45) is 0 Å². The van der Waals surface area contributed by atoms with E-state index >= 15 is 0 Å². The number of nitrogens with one attached hydrogen (secondary N) is 1. The molecule has 0 bridgehead atoms. The summed E-state index contributed by atoms with van der Waals surface area (Å²) in [6.45, 7) is 2.31. The van der Waals surface area contributed by atoms with Crippen LogP contribution in [0.3, 0.4) is 0 Å². The Morgan fingerprint density at radius 1 is 0.808 bits per heavy atom. The van der Waals surface area contributed by atoms with Crippen molar-refractivity contribution in [2.45, 2.75) is 32.1 Å². The first kappa shape index (κ1) is 18.2. The second-order valence-corrected chi connectivity index (χ2v) is 6.78. The summed E-state index contributed by atoms with van der Waals surface area (Å²) in [5.41, 5.74) is 2.54. The fourth-order valence-corrected chi connectivity index (χ4v) is 3.28. The number of carbonyl (C=O) groups is 2. The van der Waals surface area contributed by atoms with E-state index in [9.17, 15) is 9.59 Å². The van der Waals surface area contributed by atoms with Gasteiger partial charge in [-0.3, -0.25) is 9.59 Å². The van der Waals surface area contributed by atoms with Crippen LogP contribution in [0.5, 0.6) is 0 Å². The third kappa shape index (κ3) is 4.94. The van der Waals surface area contributed by atoms with E-state index in [1.54, 1.807) is 12.1 Å². The molecule has 0 aliphatic carbocycles. The van der Waals surface area contributed by atoms with Crippen molar-refractivity contribution in [3.05, 3.63) is 71.3 Å². The summed E-state index contributed by atoms with van der Waals surface area (Å²) in [6, 6.07) is 17.0. The van der Waals surface area contributed by atoms with E-state index in [0.717, 1.165) is 43.5 Å². The number of hydrogen-bond donors (Lipinski definition) is 1. The third-order valence-corrected chi connectivity index (χ3v) is 4.83. The topological polar surface area (TPSA) is 49.4 Å². The average Bonchev–Trinajstić information content (AvgIpc) is 2.98. The van der Waals surface area contributed by atoms with Gasteiger partial charge in [0.1, 0.15) is 0 Å². The molecule has 1 N–H and O–H groups in total. The molecule has 0 unspecified atom stereocenters. The van der Waals surface area contributed by atoms with Gasteiger partial charge in [-0.05, 0) is 49.1 Å². The molecule has 1 heterocycles. The van der Waals surface area contributed by atoms with Crippen molar-refractivity contribution in [2.75, 3.05) is 19.6 Å². The van der Waals surface area contributed by atoms with Gasteiger partial charge in [-0.25, -0.2) is 0 Å². The SMILES string of the molecule is O=C(NCCc1ccc(C(=O)N2CCCCCC2)cc1)c1ccccc1. The minimum Gasteiger partial charge on any atom is -0.352 e. The van der Waals surface area contributed by atoms with Crippen molar-refractivity contribution in [1.29, 1.82) is 0 Å². The molecule has 136 valence electrons. The lowest BCUT2D eigenvalue weighted by atomic mass is 10.1. The molecule has 0 radical (unpaired) electrons. The van der Waals surface area contributed by atoms with Gasteiger partial charge >= 0.3 is 0 Å². The Hall–Kier alpha value is -2.62. The zero-order valence-electron chi connectivity index (χ0n) is 15.1. The Morgan fingerprint density at radius 3 is 2.12 bits per heavy atom. The first-order valence-electron chi connectivity index (χ1n) is 9.45. The molecule has 1 aliphatic heterocycles. The van der Waals surface area contributed by atoms with Crippen molar-refractivity contribution in [3.8, 4) is 0 Å². The van der Waals surface area contributed by atoms with E-state index in [1.807, 2.05) is 47.4 Å². The zero-order chi connectivity index (χ0) is 18.2. The number of hydrogen-bond acceptors (Lipinski definition) is 2. The van der Waals surface area contributed by atoms with Gasteiger partial charge in [0.05, 0.1) is 0 Å². The van der Waals surface area contributed by atoms with Gasteiger partial charge in [-0.15, -0.1) is 0 Å². The van der Waals surface area contributed by atoms with Crippen LogP contribution in [-0.4, -0.2) is 36.3 Å². The maximum atomic E-state index is 12.6. The second-order valence-electron chi connectivity index (χ2n) is 6.78. The highest BCUT2D eigenvalue weighted by atomic mass is 16.2. The van der Waals surface area contributed by atoms with Crippen molar-refractivity contribution in [3.63, 3.8) is 0 Å². The van der Waals surface area contributed by atoms with E-state index in [-0.39, 0.29) is 11.8 Å². The molecule has 0 aromatic heterocycles. The number of likely N-dealkylation sites (tertiary alicyclic amines) is 1. The number of benzene rings is 2. The molecule has 1 fully saturated rings. The molecular weight excluding hydrogens is 324 g/mol. The summed E-state index contributed by atoms with van der Waals surface area (Å²) < 4.78 is 0. The highest BCUT2D eigenvalue weighted by molar-refractivity contribution is 5.94. The fourth-order valence-electron chi connectivity index (χ4n) is 3.28. The molecule has 4 heteroatoms. The van der Waals surface area contributed by atoms with Crippen LogP contribution in [0, 0.1) is 0 Å². The molecule has 4 nitrogen and oxygen atoms in total. The average molecular weight is 350 g/mol. The highest BCUT2D eigenvalue weighted by Crippen LogP contribution is 2.14. The predicted octanol–water partition coefficient (Wildman–Crippen LogP) is 3.68.